The molecule has 3 aromatic carbocycles. The fraction of sp³-hybridized carbons (Fsp3) is 0.160. The van der Waals surface area contributed by atoms with Crippen LogP contribution in [0.2, 0.25) is 0 Å². The topological polar surface area (TPSA) is 39.4 Å². The molecule has 0 atom stereocenters. The largest absolute Gasteiger partial charge is 0.481 e. The third kappa shape index (κ3) is 3.44. The van der Waals surface area contributed by atoms with Crippen molar-refractivity contribution >= 4 is 11.0 Å². The molecule has 28 heavy (non-hydrogen) atoms. The smallest absolute Gasteiger partial charge is 0.235 e. The van der Waals surface area contributed by atoms with Crippen molar-refractivity contribution in [2.75, 3.05) is 0 Å². The molecule has 3 heteroatoms. The van der Waals surface area contributed by atoms with E-state index in [1.54, 1.807) is 0 Å². The number of hydrogen-bond acceptors (Lipinski definition) is 3. The van der Waals surface area contributed by atoms with Gasteiger partial charge in [-0.1, -0.05) is 65.7 Å². The van der Waals surface area contributed by atoms with E-state index in [2.05, 4.69) is 0 Å². The van der Waals surface area contributed by atoms with Gasteiger partial charge in [-0.05, 0) is 44.0 Å². The van der Waals surface area contributed by atoms with Gasteiger partial charge in [-0.2, -0.15) is 0 Å². The number of ether oxygens (including phenoxy) is 1. The highest BCUT2D eigenvalue weighted by Gasteiger charge is 2.18. The Kier molecular flexibility index (Phi) is 4.74. The van der Waals surface area contributed by atoms with E-state index in [0.717, 1.165) is 27.8 Å². The van der Waals surface area contributed by atoms with E-state index < -0.39 is 0 Å². The summed E-state index contributed by atoms with van der Waals surface area (Å²) < 4.78 is 12.2. The van der Waals surface area contributed by atoms with Crippen LogP contribution in [0.3, 0.4) is 0 Å². The maximum atomic E-state index is 13.3. The monoisotopic (exact) mass is 370 g/mol. The molecule has 0 fully saturated rings. The predicted octanol–water partition coefficient (Wildman–Crippen LogP) is 5.96. The van der Waals surface area contributed by atoms with Crippen LogP contribution in [0.4, 0.5) is 0 Å². The Labute approximate surface area is 164 Å². The molecule has 4 aromatic rings. The van der Waals surface area contributed by atoms with Crippen molar-refractivity contribution in [2.45, 2.75) is 27.4 Å². The Hall–Kier alpha value is -3.33. The summed E-state index contributed by atoms with van der Waals surface area (Å²) in [7, 11) is 0. The molecular weight excluding hydrogens is 348 g/mol. The van der Waals surface area contributed by atoms with Crippen LogP contribution in [-0.4, -0.2) is 0 Å². The van der Waals surface area contributed by atoms with E-state index in [1.807, 2.05) is 87.5 Å². The van der Waals surface area contributed by atoms with Gasteiger partial charge in [-0.15, -0.1) is 0 Å². The van der Waals surface area contributed by atoms with Crippen LogP contribution in [0.5, 0.6) is 5.75 Å². The van der Waals surface area contributed by atoms with Gasteiger partial charge in [0.1, 0.15) is 12.2 Å². The molecule has 140 valence electrons. The van der Waals surface area contributed by atoms with Crippen molar-refractivity contribution in [3.8, 4) is 17.1 Å². The molecule has 1 aromatic heterocycles. The molecule has 0 aliphatic carbocycles. The molecule has 0 N–H and O–H groups in total. The first-order valence-corrected chi connectivity index (χ1v) is 9.35. The van der Waals surface area contributed by atoms with E-state index in [1.165, 1.54) is 0 Å². The number of fused-ring (bicyclic) bond motifs is 1. The van der Waals surface area contributed by atoms with Gasteiger partial charge in [-0.3, -0.25) is 4.79 Å². The van der Waals surface area contributed by atoms with Gasteiger partial charge in [0.2, 0.25) is 11.2 Å². The molecule has 3 nitrogen and oxygen atoms in total. The second-order valence-electron chi connectivity index (χ2n) is 7.17. The van der Waals surface area contributed by atoms with Crippen LogP contribution in [0, 0.1) is 20.8 Å². The number of benzene rings is 3. The lowest BCUT2D eigenvalue weighted by Crippen LogP contribution is -2.11. The highest BCUT2D eigenvalue weighted by Crippen LogP contribution is 2.32. The normalized spacial score (nSPS) is 11.0. The van der Waals surface area contributed by atoms with Crippen molar-refractivity contribution in [2.24, 2.45) is 0 Å². The Morgan fingerprint density at radius 3 is 2.32 bits per heavy atom. The van der Waals surface area contributed by atoms with E-state index in [9.17, 15) is 4.79 Å². The van der Waals surface area contributed by atoms with Crippen LogP contribution in [0.1, 0.15) is 22.3 Å². The highest BCUT2D eigenvalue weighted by atomic mass is 16.5. The van der Waals surface area contributed by atoms with Crippen LogP contribution in [0.25, 0.3) is 22.3 Å². The van der Waals surface area contributed by atoms with E-state index >= 15 is 0 Å². The Balaban J connectivity index is 1.87. The van der Waals surface area contributed by atoms with Gasteiger partial charge in [0.05, 0.1) is 5.39 Å². The van der Waals surface area contributed by atoms with Gasteiger partial charge >= 0.3 is 0 Å². The lowest BCUT2D eigenvalue weighted by molar-refractivity contribution is 0.297. The molecular formula is C25H22O3. The fourth-order valence-corrected chi connectivity index (χ4v) is 3.24. The summed E-state index contributed by atoms with van der Waals surface area (Å²) >= 11 is 0. The zero-order valence-electron chi connectivity index (χ0n) is 16.3. The van der Waals surface area contributed by atoms with Crippen molar-refractivity contribution in [3.63, 3.8) is 0 Å². The molecule has 0 spiro atoms. The molecule has 1 heterocycles. The standard InChI is InChI=1S/C25H22O3/c1-16-8-11-19(12-9-16)24-25(27-15-20-7-5-4-6-18(20)3)23(26)21-14-17(2)10-13-22(21)28-24/h4-14H,15H2,1-3H3. The van der Waals surface area contributed by atoms with Crippen LogP contribution >= 0.6 is 0 Å². The van der Waals surface area contributed by atoms with Crippen LogP contribution < -0.4 is 10.2 Å². The predicted molar refractivity (Wildman–Crippen MR) is 113 cm³/mol. The summed E-state index contributed by atoms with van der Waals surface area (Å²) in [5.74, 6) is 0.722. The number of aryl methyl sites for hydroxylation is 3. The molecule has 0 bridgehead atoms. The summed E-state index contributed by atoms with van der Waals surface area (Å²) in [5.41, 5.74) is 5.56. The first-order valence-electron chi connectivity index (χ1n) is 9.35. The Bertz CT molecular complexity index is 1200. The number of rotatable bonds is 4. The third-order valence-electron chi connectivity index (χ3n) is 4.95. The van der Waals surface area contributed by atoms with Gasteiger partial charge in [0, 0.05) is 5.56 Å². The van der Waals surface area contributed by atoms with E-state index in [-0.39, 0.29) is 11.2 Å². The number of hydrogen-bond donors (Lipinski definition) is 0. The minimum absolute atomic E-state index is 0.144. The summed E-state index contributed by atoms with van der Waals surface area (Å²) in [6.07, 6.45) is 0. The van der Waals surface area contributed by atoms with Gasteiger partial charge in [0.25, 0.3) is 0 Å². The van der Waals surface area contributed by atoms with E-state index in [4.69, 9.17) is 9.15 Å². The third-order valence-corrected chi connectivity index (χ3v) is 4.95. The SMILES string of the molecule is Cc1ccc(-c2oc3ccc(C)cc3c(=O)c2OCc2ccccc2C)cc1. The average molecular weight is 370 g/mol. The van der Waals surface area contributed by atoms with Crippen LogP contribution in [0.15, 0.2) is 75.9 Å². The Morgan fingerprint density at radius 2 is 1.57 bits per heavy atom. The average Bonchev–Trinajstić information content (AvgIpc) is 2.69. The van der Waals surface area contributed by atoms with Gasteiger partial charge < -0.3 is 9.15 Å². The van der Waals surface area contributed by atoms with Gasteiger partial charge in [-0.25, -0.2) is 0 Å². The van der Waals surface area contributed by atoms with Crippen LogP contribution in [-0.2, 0) is 6.61 Å². The minimum Gasteiger partial charge on any atom is -0.481 e. The molecule has 4 rings (SSSR count). The highest BCUT2D eigenvalue weighted by molar-refractivity contribution is 5.82. The zero-order chi connectivity index (χ0) is 19.7. The summed E-state index contributed by atoms with van der Waals surface area (Å²) in [4.78, 5) is 13.3. The Morgan fingerprint density at radius 1 is 0.857 bits per heavy atom. The summed E-state index contributed by atoms with van der Waals surface area (Å²) in [6.45, 7) is 6.33. The minimum atomic E-state index is -0.144. The summed E-state index contributed by atoms with van der Waals surface area (Å²) in [6, 6.07) is 21.5. The molecule has 0 radical (unpaired) electrons. The first-order chi connectivity index (χ1) is 13.5. The summed E-state index contributed by atoms with van der Waals surface area (Å²) in [5, 5.41) is 0.538. The van der Waals surface area contributed by atoms with Crippen molar-refractivity contribution < 1.29 is 9.15 Å². The van der Waals surface area contributed by atoms with Crippen molar-refractivity contribution in [3.05, 3.63) is 99.2 Å². The lowest BCUT2D eigenvalue weighted by atomic mass is 10.1. The zero-order valence-corrected chi connectivity index (χ0v) is 16.3. The molecule has 0 aliphatic rings. The quantitative estimate of drug-likeness (QED) is 0.445. The van der Waals surface area contributed by atoms with Gasteiger partial charge in [0.15, 0.2) is 5.76 Å². The first kappa shape index (κ1) is 18.1. The second-order valence-corrected chi connectivity index (χ2v) is 7.17. The maximum Gasteiger partial charge on any atom is 0.235 e. The van der Waals surface area contributed by atoms with Crippen molar-refractivity contribution in [1.82, 2.24) is 0 Å². The van der Waals surface area contributed by atoms with Crippen molar-refractivity contribution in [1.29, 1.82) is 0 Å². The molecule has 0 unspecified atom stereocenters. The fourth-order valence-electron chi connectivity index (χ4n) is 3.24. The molecule has 0 saturated heterocycles. The maximum absolute atomic E-state index is 13.3. The molecule has 0 aliphatic heterocycles. The lowest BCUT2D eigenvalue weighted by Gasteiger charge is -2.13. The second kappa shape index (κ2) is 7.35. The molecule has 0 amide bonds. The van der Waals surface area contributed by atoms with E-state index in [0.29, 0.717) is 23.3 Å². The molecule has 0 saturated carbocycles.